The number of esters is 1. The lowest BCUT2D eigenvalue weighted by atomic mass is 10.1. The van der Waals surface area contributed by atoms with Gasteiger partial charge in [0.05, 0.1) is 9.31 Å². The quantitative estimate of drug-likeness (QED) is 0.302. The fourth-order valence-corrected chi connectivity index (χ4v) is 4.01. The van der Waals surface area contributed by atoms with Gasteiger partial charge in [-0.05, 0) is 79.6 Å². The van der Waals surface area contributed by atoms with Crippen LogP contribution in [-0.4, -0.2) is 5.97 Å². The Balaban J connectivity index is 1.77. The van der Waals surface area contributed by atoms with Crippen molar-refractivity contribution < 1.29 is 18.7 Å². The van der Waals surface area contributed by atoms with Crippen molar-refractivity contribution in [2.24, 2.45) is 17.3 Å². The Morgan fingerprint density at radius 1 is 1.26 bits per heavy atom. The number of rotatable bonds is 6. The van der Waals surface area contributed by atoms with Crippen LogP contribution in [0.25, 0.3) is 0 Å². The second-order valence-electron chi connectivity index (χ2n) is 7.69. The highest BCUT2D eigenvalue weighted by Crippen LogP contribution is 2.60. The van der Waals surface area contributed by atoms with Crippen LogP contribution < -0.4 is 4.74 Å². The van der Waals surface area contributed by atoms with Gasteiger partial charge in [-0.15, -0.1) is 6.42 Å². The van der Waals surface area contributed by atoms with E-state index in [-0.39, 0.29) is 23.0 Å². The van der Waals surface area contributed by atoms with Gasteiger partial charge in [0.1, 0.15) is 11.8 Å². The Labute approximate surface area is 197 Å². The third-order valence-corrected chi connectivity index (χ3v) is 5.86. The Bertz CT molecular complexity index is 1110. The summed E-state index contributed by atoms with van der Waals surface area (Å²) in [5.74, 6) is 1.31. The summed E-state index contributed by atoms with van der Waals surface area (Å²) in [6.45, 7) is 3.92. The van der Waals surface area contributed by atoms with Crippen LogP contribution in [0.5, 0.6) is 11.5 Å². The summed E-state index contributed by atoms with van der Waals surface area (Å²) in [5.41, 5.74) is 0.701. The Morgan fingerprint density at radius 3 is 2.52 bits per heavy atom. The molecule has 3 rings (SSSR count). The van der Waals surface area contributed by atoms with E-state index in [0.717, 1.165) is 3.39 Å². The van der Waals surface area contributed by atoms with Crippen molar-refractivity contribution in [3.05, 3.63) is 68.9 Å². The topological polar surface area (TPSA) is 59.3 Å². The molecule has 0 saturated heterocycles. The number of ether oxygens (including phenoxy) is 2. The second kappa shape index (κ2) is 9.26. The summed E-state index contributed by atoms with van der Waals surface area (Å²) in [4.78, 5) is 12.7. The lowest BCUT2D eigenvalue weighted by Gasteiger charge is -2.14. The summed E-state index contributed by atoms with van der Waals surface area (Å²) >= 11 is 6.62. The number of terminal acetylenes is 1. The molecule has 0 aromatic heterocycles. The fourth-order valence-electron chi connectivity index (χ4n) is 3.44. The van der Waals surface area contributed by atoms with Gasteiger partial charge in [0.15, 0.2) is 11.6 Å². The monoisotopic (exact) mass is 545 g/mol. The molecule has 7 heteroatoms. The molecule has 0 N–H and O–H groups in total. The second-order valence-corrected chi connectivity index (χ2v) is 10.5. The molecule has 3 atom stereocenters. The van der Waals surface area contributed by atoms with Crippen LogP contribution in [0.15, 0.2) is 51.9 Å². The molecule has 0 bridgehead atoms. The minimum absolute atomic E-state index is 0.0220. The standard InChI is InChI=1S/C24H18Br2FNO3/c1-4-14-5-8-16(9-6-14)30-19-11-15(7-10-18(19)27)20(13-28)31-23(29)22-17(12-21(25)26)24(22,2)3/h1,5-12,17,20,22H,2-3H3/t17-,20?,22-/m0/s1. The number of carbonyl (C=O) groups excluding carboxylic acids is 1. The zero-order valence-electron chi connectivity index (χ0n) is 16.7. The van der Waals surface area contributed by atoms with Gasteiger partial charge in [-0.2, -0.15) is 5.26 Å². The molecule has 1 saturated carbocycles. The number of allylic oxidation sites excluding steroid dienone is 1. The van der Waals surface area contributed by atoms with Gasteiger partial charge < -0.3 is 9.47 Å². The highest BCUT2D eigenvalue weighted by atomic mass is 79.9. The van der Waals surface area contributed by atoms with E-state index in [2.05, 4.69) is 37.8 Å². The minimum atomic E-state index is -1.19. The molecule has 0 heterocycles. The fraction of sp³-hybridized carbons (Fsp3) is 0.250. The zero-order valence-corrected chi connectivity index (χ0v) is 19.9. The number of nitrogens with zero attached hydrogens (tertiary/aromatic N) is 1. The van der Waals surface area contributed by atoms with Crippen molar-refractivity contribution in [2.75, 3.05) is 0 Å². The molecule has 1 unspecified atom stereocenters. The summed E-state index contributed by atoms with van der Waals surface area (Å²) < 4.78 is 26.1. The molecular formula is C24H18Br2FNO3. The lowest BCUT2D eigenvalue weighted by molar-refractivity contribution is -0.149. The Kier molecular flexibility index (Phi) is 6.89. The van der Waals surface area contributed by atoms with E-state index < -0.39 is 17.9 Å². The normalized spacial score (nSPS) is 19.3. The molecule has 0 aliphatic heterocycles. The van der Waals surface area contributed by atoms with Crippen molar-refractivity contribution >= 4 is 37.8 Å². The number of benzene rings is 2. The highest BCUT2D eigenvalue weighted by molar-refractivity contribution is 9.28. The molecule has 1 aliphatic rings. The first kappa shape index (κ1) is 23.1. The van der Waals surface area contributed by atoms with Crippen LogP contribution in [-0.2, 0) is 9.53 Å². The molecule has 158 valence electrons. The predicted octanol–water partition coefficient (Wildman–Crippen LogP) is 6.61. The van der Waals surface area contributed by atoms with E-state index in [9.17, 15) is 14.4 Å². The zero-order chi connectivity index (χ0) is 22.8. The third-order valence-electron chi connectivity index (χ3n) is 5.33. The van der Waals surface area contributed by atoms with Gasteiger partial charge >= 0.3 is 5.97 Å². The number of hydrogen-bond donors (Lipinski definition) is 0. The predicted molar refractivity (Wildman–Crippen MR) is 122 cm³/mol. The van der Waals surface area contributed by atoms with Crippen molar-refractivity contribution in [1.82, 2.24) is 0 Å². The smallest absolute Gasteiger partial charge is 0.311 e. The van der Waals surface area contributed by atoms with Gasteiger partial charge in [-0.25, -0.2) is 4.39 Å². The van der Waals surface area contributed by atoms with Crippen molar-refractivity contribution in [3.63, 3.8) is 0 Å². The van der Waals surface area contributed by atoms with Crippen molar-refractivity contribution in [3.8, 4) is 29.9 Å². The van der Waals surface area contributed by atoms with Crippen LogP contribution in [0.1, 0.15) is 31.1 Å². The van der Waals surface area contributed by atoms with Gasteiger partial charge in [-0.1, -0.05) is 31.9 Å². The van der Waals surface area contributed by atoms with Crippen LogP contribution in [0, 0.1) is 46.7 Å². The minimum Gasteiger partial charge on any atom is -0.454 e. The summed E-state index contributed by atoms with van der Waals surface area (Å²) in [6, 6.07) is 12.5. The molecule has 4 nitrogen and oxygen atoms in total. The molecule has 2 aromatic rings. The maximum absolute atomic E-state index is 14.3. The number of halogens is 3. The van der Waals surface area contributed by atoms with Gasteiger partial charge in [0.2, 0.25) is 6.10 Å². The number of carbonyl (C=O) groups is 1. The maximum Gasteiger partial charge on any atom is 0.311 e. The van der Waals surface area contributed by atoms with Crippen LogP contribution in [0.4, 0.5) is 4.39 Å². The van der Waals surface area contributed by atoms with Crippen LogP contribution in [0.2, 0.25) is 0 Å². The van der Waals surface area contributed by atoms with Gasteiger partial charge in [0.25, 0.3) is 0 Å². The highest BCUT2D eigenvalue weighted by Gasteiger charge is 2.61. The van der Waals surface area contributed by atoms with Crippen molar-refractivity contribution in [2.45, 2.75) is 20.0 Å². The summed E-state index contributed by atoms with van der Waals surface area (Å²) in [7, 11) is 0. The van der Waals surface area contributed by atoms with E-state index in [1.54, 1.807) is 24.3 Å². The number of nitriles is 1. The third kappa shape index (κ3) is 5.18. The first-order chi connectivity index (χ1) is 14.7. The van der Waals surface area contributed by atoms with E-state index in [0.29, 0.717) is 16.9 Å². The van der Waals surface area contributed by atoms with Crippen molar-refractivity contribution in [1.29, 1.82) is 5.26 Å². The largest absolute Gasteiger partial charge is 0.454 e. The van der Waals surface area contributed by atoms with Gasteiger partial charge in [-0.3, -0.25) is 4.79 Å². The van der Waals surface area contributed by atoms with E-state index in [4.69, 9.17) is 15.9 Å². The van der Waals surface area contributed by atoms with Crippen LogP contribution in [0.3, 0.4) is 0 Å². The molecule has 1 aliphatic carbocycles. The Morgan fingerprint density at radius 2 is 1.94 bits per heavy atom. The average molecular weight is 547 g/mol. The molecular weight excluding hydrogens is 529 g/mol. The maximum atomic E-state index is 14.3. The van der Waals surface area contributed by atoms with Gasteiger partial charge in [0, 0.05) is 11.1 Å². The number of hydrogen-bond acceptors (Lipinski definition) is 4. The van der Waals surface area contributed by atoms with E-state index >= 15 is 0 Å². The van der Waals surface area contributed by atoms with E-state index in [1.807, 2.05) is 26.0 Å². The summed E-state index contributed by atoms with van der Waals surface area (Å²) in [5, 5.41) is 9.57. The molecule has 0 radical (unpaired) electrons. The molecule has 31 heavy (non-hydrogen) atoms. The molecule has 1 fully saturated rings. The Hall–Kier alpha value is -2.61. The van der Waals surface area contributed by atoms with E-state index in [1.165, 1.54) is 18.2 Å². The first-order valence-electron chi connectivity index (χ1n) is 9.34. The molecule has 2 aromatic carbocycles. The first-order valence-corrected chi connectivity index (χ1v) is 10.9. The van der Waals surface area contributed by atoms with Crippen LogP contribution >= 0.6 is 31.9 Å². The average Bonchev–Trinajstić information content (AvgIpc) is 3.27. The SMILES string of the molecule is C#Cc1ccc(Oc2cc(C(C#N)OC(=O)[C@@H]3[C@H](C=C(Br)Br)C3(C)C)ccc2F)cc1. The summed E-state index contributed by atoms with van der Waals surface area (Å²) in [6.07, 6.45) is 6.03. The molecule has 0 spiro atoms. The lowest BCUT2D eigenvalue weighted by Crippen LogP contribution is -2.14. The molecule has 0 amide bonds.